The summed E-state index contributed by atoms with van der Waals surface area (Å²) in [6.45, 7) is 0.756. The van der Waals surface area contributed by atoms with Crippen LogP contribution in [0, 0.1) is 5.92 Å². The van der Waals surface area contributed by atoms with Gasteiger partial charge in [0.15, 0.2) is 5.70 Å². The third-order valence-corrected chi connectivity index (χ3v) is 5.50. The van der Waals surface area contributed by atoms with Crippen molar-refractivity contribution in [2.45, 2.75) is 38.0 Å². The molecule has 4 heteroatoms. The van der Waals surface area contributed by atoms with Crippen LogP contribution in [0.15, 0.2) is 59.2 Å². The topological polar surface area (TPSA) is 47.9 Å². The smallest absolute Gasteiger partial charge is 0.363 e. The Balaban J connectivity index is 1.26. The molecule has 2 aromatic carbocycles. The first-order chi connectivity index (χ1) is 13.7. The Morgan fingerprint density at radius 2 is 1.75 bits per heavy atom. The summed E-state index contributed by atoms with van der Waals surface area (Å²) in [5, 5.41) is 0. The number of benzene rings is 2. The third kappa shape index (κ3) is 4.01. The molecule has 2 fully saturated rings. The zero-order valence-corrected chi connectivity index (χ0v) is 15.8. The molecule has 0 aromatic heterocycles. The Bertz CT molecular complexity index is 933. The van der Waals surface area contributed by atoms with E-state index in [4.69, 9.17) is 9.47 Å². The molecular weight excluding hydrogens is 350 g/mol. The van der Waals surface area contributed by atoms with Gasteiger partial charge in [-0.15, -0.1) is 0 Å². The SMILES string of the molecule is O=C1OC(c2ccc(OCCC3CC3)cc2)=NC1=Cc1ccc(C2CC2)cc1. The van der Waals surface area contributed by atoms with E-state index in [0.29, 0.717) is 11.6 Å². The van der Waals surface area contributed by atoms with Crippen LogP contribution in [-0.4, -0.2) is 18.5 Å². The van der Waals surface area contributed by atoms with Gasteiger partial charge in [-0.25, -0.2) is 9.79 Å². The number of carbonyl (C=O) groups is 1. The monoisotopic (exact) mass is 373 g/mol. The number of carbonyl (C=O) groups excluding carboxylic acids is 1. The zero-order valence-electron chi connectivity index (χ0n) is 15.8. The van der Waals surface area contributed by atoms with E-state index in [1.165, 1.54) is 31.2 Å². The molecule has 0 atom stereocenters. The van der Waals surface area contributed by atoms with Crippen molar-refractivity contribution in [2.75, 3.05) is 6.61 Å². The van der Waals surface area contributed by atoms with E-state index in [-0.39, 0.29) is 0 Å². The molecule has 28 heavy (non-hydrogen) atoms. The number of nitrogens with zero attached hydrogens (tertiary/aromatic N) is 1. The first-order valence-corrected chi connectivity index (χ1v) is 10.1. The number of esters is 1. The van der Waals surface area contributed by atoms with E-state index < -0.39 is 5.97 Å². The van der Waals surface area contributed by atoms with Gasteiger partial charge in [0.05, 0.1) is 6.61 Å². The van der Waals surface area contributed by atoms with Crippen LogP contribution in [0.25, 0.3) is 6.08 Å². The average Bonchev–Trinajstić information content (AvgIpc) is 3.63. The Hall–Kier alpha value is -2.88. The molecule has 0 spiro atoms. The van der Waals surface area contributed by atoms with E-state index >= 15 is 0 Å². The van der Waals surface area contributed by atoms with Crippen molar-refractivity contribution in [3.63, 3.8) is 0 Å². The highest BCUT2D eigenvalue weighted by molar-refractivity contribution is 6.12. The van der Waals surface area contributed by atoms with Crippen LogP contribution in [0.2, 0.25) is 0 Å². The Kier molecular flexibility index (Phi) is 4.47. The van der Waals surface area contributed by atoms with E-state index in [1.807, 2.05) is 36.4 Å². The molecule has 0 radical (unpaired) electrons. The molecule has 0 amide bonds. The van der Waals surface area contributed by atoms with Gasteiger partial charge < -0.3 is 9.47 Å². The lowest BCUT2D eigenvalue weighted by atomic mass is 10.1. The lowest BCUT2D eigenvalue weighted by molar-refractivity contribution is -0.129. The second kappa shape index (κ2) is 7.27. The first-order valence-electron chi connectivity index (χ1n) is 10.1. The second-order valence-corrected chi connectivity index (χ2v) is 7.88. The number of hydrogen-bond acceptors (Lipinski definition) is 4. The van der Waals surface area contributed by atoms with Gasteiger partial charge in [-0.3, -0.25) is 0 Å². The minimum Gasteiger partial charge on any atom is -0.494 e. The highest BCUT2D eigenvalue weighted by atomic mass is 16.6. The van der Waals surface area contributed by atoms with Gasteiger partial charge in [-0.1, -0.05) is 37.1 Å². The summed E-state index contributed by atoms with van der Waals surface area (Å²) in [7, 11) is 0. The number of rotatable bonds is 7. The molecule has 5 rings (SSSR count). The molecule has 142 valence electrons. The molecule has 1 aliphatic heterocycles. The molecule has 2 saturated carbocycles. The quantitative estimate of drug-likeness (QED) is 0.502. The average molecular weight is 373 g/mol. The molecule has 0 N–H and O–H groups in total. The van der Waals surface area contributed by atoms with E-state index in [2.05, 4.69) is 17.1 Å². The molecule has 3 aliphatic rings. The zero-order chi connectivity index (χ0) is 18.9. The fourth-order valence-electron chi connectivity index (χ4n) is 3.42. The summed E-state index contributed by atoms with van der Waals surface area (Å²) in [5.41, 5.74) is 3.44. The lowest BCUT2D eigenvalue weighted by Crippen LogP contribution is -2.05. The predicted molar refractivity (Wildman–Crippen MR) is 108 cm³/mol. The number of ether oxygens (including phenoxy) is 2. The minimum atomic E-state index is -0.411. The summed E-state index contributed by atoms with van der Waals surface area (Å²) in [5.74, 6) is 2.35. The van der Waals surface area contributed by atoms with Crippen molar-refractivity contribution >= 4 is 17.9 Å². The van der Waals surface area contributed by atoms with Crippen molar-refractivity contribution in [1.82, 2.24) is 0 Å². The molecule has 0 unspecified atom stereocenters. The van der Waals surface area contributed by atoms with E-state index in [9.17, 15) is 4.79 Å². The van der Waals surface area contributed by atoms with Crippen molar-refractivity contribution in [1.29, 1.82) is 0 Å². The van der Waals surface area contributed by atoms with Crippen molar-refractivity contribution in [3.8, 4) is 5.75 Å². The maximum absolute atomic E-state index is 12.2. The van der Waals surface area contributed by atoms with Crippen LogP contribution < -0.4 is 4.74 Å². The van der Waals surface area contributed by atoms with Gasteiger partial charge in [0, 0.05) is 5.56 Å². The van der Waals surface area contributed by atoms with Gasteiger partial charge >= 0.3 is 5.97 Å². The highest BCUT2D eigenvalue weighted by Gasteiger charge is 2.25. The fourth-order valence-corrected chi connectivity index (χ4v) is 3.42. The van der Waals surface area contributed by atoms with Crippen LogP contribution in [0.4, 0.5) is 0 Å². The van der Waals surface area contributed by atoms with Crippen LogP contribution >= 0.6 is 0 Å². The molecule has 4 nitrogen and oxygen atoms in total. The Morgan fingerprint density at radius 1 is 1.00 bits per heavy atom. The number of cyclic esters (lactones) is 1. The lowest BCUT2D eigenvalue weighted by Gasteiger charge is -2.06. The van der Waals surface area contributed by atoms with E-state index in [0.717, 1.165) is 41.7 Å². The summed E-state index contributed by atoms with van der Waals surface area (Å²) in [6.07, 6.45) is 8.15. The minimum absolute atomic E-state index is 0.332. The van der Waals surface area contributed by atoms with E-state index in [1.54, 1.807) is 6.08 Å². The van der Waals surface area contributed by atoms with Gasteiger partial charge in [0.1, 0.15) is 5.75 Å². The summed E-state index contributed by atoms with van der Waals surface area (Å²) >= 11 is 0. The maximum atomic E-state index is 12.2. The summed E-state index contributed by atoms with van der Waals surface area (Å²) < 4.78 is 11.1. The fraction of sp³-hybridized carbons (Fsp3) is 0.333. The predicted octanol–water partition coefficient (Wildman–Crippen LogP) is 5.09. The van der Waals surface area contributed by atoms with Crippen LogP contribution in [0.1, 0.15) is 54.7 Å². The van der Waals surface area contributed by atoms with Crippen LogP contribution in [0.3, 0.4) is 0 Å². The molecule has 2 aromatic rings. The third-order valence-electron chi connectivity index (χ3n) is 5.50. The highest BCUT2D eigenvalue weighted by Crippen LogP contribution is 2.40. The van der Waals surface area contributed by atoms with Crippen LogP contribution in [-0.2, 0) is 9.53 Å². The van der Waals surface area contributed by atoms with Gasteiger partial charge in [0.2, 0.25) is 5.90 Å². The van der Waals surface area contributed by atoms with Gasteiger partial charge in [-0.05, 0) is 72.6 Å². The van der Waals surface area contributed by atoms with Crippen molar-refractivity contribution < 1.29 is 14.3 Å². The number of aliphatic imine (C=N–C) groups is 1. The summed E-state index contributed by atoms with van der Waals surface area (Å²) in [4.78, 5) is 16.6. The first kappa shape index (κ1) is 17.2. The normalized spacial score (nSPS) is 20.2. The van der Waals surface area contributed by atoms with Gasteiger partial charge in [0.25, 0.3) is 0 Å². The van der Waals surface area contributed by atoms with Gasteiger partial charge in [-0.2, -0.15) is 0 Å². The standard InChI is InChI=1S/C24H23NO3/c26-24-22(15-17-3-5-18(6-4-17)19-7-8-19)25-23(28-24)20-9-11-21(12-10-20)27-14-13-16-1-2-16/h3-6,9-12,15-16,19H,1-2,7-8,13-14H2. The molecule has 0 bridgehead atoms. The number of hydrogen-bond donors (Lipinski definition) is 0. The molecule has 1 heterocycles. The largest absolute Gasteiger partial charge is 0.494 e. The molecule has 2 aliphatic carbocycles. The van der Waals surface area contributed by atoms with Crippen molar-refractivity contribution in [3.05, 3.63) is 70.9 Å². The molecule has 0 saturated heterocycles. The molecular formula is C24H23NO3. The summed E-state index contributed by atoms with van der Waals surface area (Å²) in [6, 6.07) is 15.9. The van der Waals surface area contributed by atoms with Crippen LogP contribution in [0.5, 0.6) is 5.75 Å². The van der Waals surface area contributed by atoms with Crippen molar-refractivity contribution in [2.24, 2.45) is 10.9 Å². The Morgan fingerprint density at radius 3 is 2.43 bits per heavy atom. The maximum Gasteiger partial charge on any atom is 0.363 e. The second-order valence-electron chi connectivity index (χ2n) is 7.88. The Labute approximate surface area is 164 Å².